The van der Waals surface area contributed by atoms with Gasteiger partial charge in [0.25, 0.3) is 5.69 Å². The number of nitrogens with zero attached hydrogens (tertiary/aromatic N) is 1. The Labute approximate surface area is 114 Å². The van der Waals surface area contributed by atoms with E-state index in [2.05, 4.69) is 5.32 Å². The van der Waals surface area contributed by atoms with Crippen LogP contribution in [0.15, 0.2) is 42.5 Å². The molecule has 2 aromatic carbocycles. The molecule has 0 amide bonds. The van der Waals surface area contributed by atoms with Crippen molar-refractivity contribution in [1.29, 1.82) is 0 Å². The SMILES string of the molecule is O=[N+]([O-])c1ccccc1CNc1ccc(Cl)c(F)c1. The number of hydrogen-bond donors (Lipinski definition) is 1. The van der Waals surface area contributed by atoms with Crippen LogP contribution in [0.2, 0.25) is 5.02 Å². The van der Waals surface area contributed by atoms with Crippen LogP contribution < -0.4 is 5.32 Å². The van der Waals surface area contributed by atoms with Crippen LogP contribution in [-0.2, 0) is 6.54 Å². The molecular formula is C13H10ClFN2O2. The molecule has 0 bridgehead atoms. The summed E-state index contributed by atoms with van der Waals surface area (Å²) < 4.78 is 13.2. The molecule has 0 spiro atoms. The highest BCUT2D eigenvalue weighted by atomic mass is 35.5. The number of rotatable bonds is 4. The Morgan fingerprint density at radius 1 is 1.26 bits per heavy atom. The molecule has 0 aliphatic carbocycles. The molecule has 1 N–H and O–H groups in total. The normalized spacial score (nSPS) is 10.2. The zero-order chi connectivity index (χ0) is 13.8. The molecule has 0 unspecified atom stereocenters. The predicted octanol–water partition coefficient (Wildman–Crippen LogP) is 4.00. The van der Waals surface area contributed by atoms with Crippen molar-refractivity contribution in [1.82, 2.24) is 0 Å². The van der Waals surface area contributed by atoms with Gasteiger partial charge in [0.2, 0.25) is 0 Å². The first-order valence-electron chi connectivity index (χ1n) is 5.49. The van der Waals surface area contributed by atoms with Crippen LogP contribution in [0, 0.1) is 15.9 Å². The van der Waals surface area contributed by atoms with Gasteiger partial charge in [0.05, 0.1) is 9.95 Å². The number of hydrogen-bond acceptors (Lipinski definition) is 3. The second-order valence-electron chi connectivity index (χ2n) is 3.87. The minimum Gasteiger partial charge on any atom is -0.381 e. The van der Waals surface area contributed by atoms with Crippen LogP contribution in [0.25, 0.3) is 0 Å². The number of nitro benzene ring substituents is 1. The molecular weight excluding hydrogens is 271 g/mol. The lowest BCUT2D eigenvalue weighted by Gasteiger charge is -2.07. The van der Waals surface area contributed by atoms with Gasteiger partial charge in [0.15, 0.2) is 0 Å². The number of halogens is 2. The van der Waals surface area contributed by atoms with E-state index in [9.17, 15) is 14.5 Å². The maximum atomic E-state index is 13.2. The summed E-state index contributed by atoms with van der Waals surface area (Å²) in [7, 11) is 0. The van der Waals surface area contributed by atoms with Crippen LogP contribution >= 0.6 is 11.6 Å². The number of para-hydroxylation sites is 1. The molecule has 98 valence electrons. The molecule has 19 heavy (non-hydrogen) atoms. The van der Waals surface area contributed by atoms with Crippen molar-refractivity contribution >= 4 is 23.0 Å². The van der Waals surface area contributed by atoms with Crippen molar-refractivity contribution in [2.24, 2.45) is 0 Å². The van der Waals surface area contributed by atoms with Gasteiger partial charge >= 0.3 is 0 Å². The van der Waals surface area contributed by atoms with E-state index in [0.717, 1.165) is 0 Å². The molecule has 0 atom stereocenters. The molecule has 0 radical (unpaired) electrons. The van der Waals surface area contributed by atoms with E-state index < -0.39 is 10.7 Å². The van der Waals surface area contributed by atoms with E-state index in [1.807, 2.05) is 0 Å². The molecule has 0 aliphatic rings. The summed E-state index contributed by atoms with van der Waals surface area (Å²) in [5, 5.41) is 13.8. The van der Waals surface area contributed by atoms with Crippen LogP contribution in [0.5, 0.6) is 0 Å². The van der Waals surface area contributed by atoms with Gasteiger partial charge in [-0.2, -0.15) is 0 Å². The van der Waals surface area contributed by atoms with E-state index in [0.29, 0.717) is 11.3 Å². The summed E-state index contributed by atoms with van der Waals surface area (Å²) in [6, 6.07) is 10.7. The summed E-state index contributed by atoms with van der Waals surface area (Å²) in [5.74, 6) is -0.533. The van der Waals surface area contributed by atoms with Gasteiger partial charge in [-0.25, -0.2) is 4.39 Å². The van der Waals surface area contributed by atoms with E-state index in [1.165, 1.54) is 18.2 Å². The Balaban J connectivity index is 2.14. The van der Waals surface area contributed by atoms with E-state index >= 15 is 0 Å². The molecule has 6 heteroatoms. The fourth-order valence-corrected chi connectivity index (χ4v) is 1.76. The van der Waals surface area contributed by atoms with Crippen molar-refractivity contribution in [3.63, 3.8) is 0 Å². The van der Waals surface area contributed by atoms with Crippen LogP contribution in [0.1, 0.15) is 5.56 Å². The molecule has 0 saturated heterocycles. The van der Waals surface area contributed by atoms with Gasteiger partial charge in [-0.3, -0.25) is 10.1 Å². The zero-order valence-corrected chi connectivity index (χ0v) is 10.5. The molecule has 2 aromatic rings. The second kappa shape index (κ2) is 5.67. The highest BCUT2D eigenvalue weighted by molar-refractivity contribution is 6.30. The van der Waals surface area contributed by atoms with E-state index in [-0.39, 0.29) is 17.3 Å². The second-order valence-corrected chi connectivity index (χ2v) is 4.28. The van der Waals surface area contributed by atoms with Crippen LogP contribution in [0.4, 0.5) is 15.8 Å². The highest BCUT2D eigenvalue weighted by Gasteiger charge is 2.11. The predicted molar refractivity (Wildman–Crippen MR) is 71.8 cm³/mol. The lowest BCUT2D eigenvalue weighted by Crippen LogP contribution is -2.03. The largest absolute Gasteiger partial charge is 0.381 e. The first-order chi connectivity index (χ1) is 9.08. The van der Waals surface area contributed by atoms with Gasteiger partial charge in [-0.15, -0.1) is 0 Å². The zero-order valence-electron chi connectivity index (χ0n) is 9.77. The number of anilines is 1. The summed E-state index contributed by atoms with van der Waals surface area (Å²) >= 11 is 5.57. The van der Waals surface area contributed by atoms with Crippen molar-refractivity contribution in [2.45, 2.75) is 6.54 Å². The lowest BCUT2D eigenvalue weighted by atomic mass is 10.2. The fourth-order valence-electron chi connectivity index (χ4n) is 1.64. The Bertz CT molecular complexity index is 619. The Hall–Kier alpha value is -2.14. The molecule has 0 heterocycles. The summed E-state index contributed by atoms with van der Waals surface area (Å²) in [6.45, 7) is 0.234. The lowest BCUT2D eigenvalue weighted by molar-refractivity contribution is -0.385. The third-order valence-corrected chi connectivity index (χ3v) is 2.90. The van der Waals surface area contributed by atoms with E-state index in [4.69, 9.17) is 11.6 Å². The van der Waals surface area contributed by atoms with Gasteiger partial charge in [-0.05, 0) is 18.2 Å². The minimum atomic E-state index is -0.533. The van der Waals surface area contributed by atoms with E-state index in [1.54, 1.807) is 24.3 Å². The van der Waals surface area contributed by atoms with Crippen molar-refractivity contribution in [3.8, 4) is 0 Å². The average Bonchev–Trinajstić information content (AvgIpc) is 2.40. The molecule has 0 aromatic heterocycles. The third kappa shape index (κ3) is 3.20. The maximum Gasteiger partial charge on any atom is 0.274 e. The number of nitrogens with one attached hydrogen (secondary N) is 1. The van der Waals surface area contributed by atoms with Crippen molar-refractivity contribution < 1.29 is 9.31 Å². The van der Waals surface area contributed by atoms with Crippen molar-refractivity contribution in [2.75, 3.05) is 5.32 Å². The molecule has 0 saturated carbocycles. The van der Waals surface area contributed by atoms with Crippen LogP contribution in [-0.4, -0.2) is 4.92 Å². The standard InChI is InChI=1S/C13H10ClFN2O2/c14-11-6-5-10(7-12(11)15)16-8-9-3-1-2-4-13(9)17(18)19/h1-7,16H,8H2. The molecule has 0 fully saturated rings. The van der Waals surface area contributed by atoms with Gasteiger partial charge < -0.3 is 5.32 Å². The average molecular weight is 281 g/mol. The summed E-state index contributed by atoms with van der Waals surface area (Å²) in [5.41, 5.74) is 1.08. The first-order valence-corrected chi connectivity index (χ1v) is 5.87. The first kappa shape index (κ1) is 13.3. The number of benzene rings is 2. The Morgan fingerprint density at radius 3 is 2.68 bits per heavy atom. The van der Waals surface area contributed by atoms with Crippen molar-refractivity contribution in [3.05, 3.63) is 69.0 Å². The number of nitro groups is 1. The fraction of sp³-hybridized carbons (Fsp3) is 0.0769. The van der Waals surface area contributed by atoms with Gasteiger partial charge in [0.1, 0.15) is 5.82 Å². The summed E-state index contributed by atoms with van der Waals surface area (Å²) in [6.07, 6.45) is 0. The Morgan fingerprint density at radius 2 is 2.00 bits per heavy atom. The minimum absolute atomic E-state index is 0.0319. The Kier molecular flexibility index (Phi) is 3.97. The maximum absolute atomic E-state index is 13.2. The smallest absolute Gasteiger partial charge is 0.274 e. The quantitative estimate of drug-likeness (QED) is 0.680. The molecule has 0 aliphatic heterocycles. The van der Waals surface area contributed by atoms with Gasteiger partial charge in [-0.1, -0.05) is 29.8 Å². The molecule has 2 rings (SSSR count). The topological polar surface area (TPSA) is 55.2 Å². The molecule has 4 nitrogen and oxygen atoms in total. The van der Waals surface area contributed by atoms with Gasteiger partial charge in [0, 0.05) is 23.9 Å². The summed E-state index contributed by atoms with van der Waals surface area (Å²) in [4.78, 5) is 10.4. The highest BCUT2D eigenvalue weighted by Crippen LogP contribution is 2.21. The van der Waals surface area contributed by atoms with Crippen LogP contribution in [0.3, 0.4) is 0 Å². The third-order valence-electron chi connectivity index (χ3n) is 2.59. The monoisotopic (exact) mass is 280 g/mol.